The van der Waals surface area contributed by atoms with Crippen molar-refractivity contribution in [3.05, 3.63) is 29.8 Å². The number of hydrogen-bond donors (Lipinski definition) is 2. The first-order valence-corrected chi connectivity index (χ1v) is 9.14. The number of carbonyl (C=O) groups is 1. The highest BCUT2D eigenvalue weighted by molar-refractivity contribution is 7.89. The Morgan fingerprint density at radius 1 is 1.30 bits per heavy atom. The summed E-state index contributed by atoms with van der Waals surface area (Å²) in [6.07, 6.45) is 0.700. The van der Waals surface area contributed by atoms with E-state index >= 15 is 0 Å². The SMILES string of the molecule is C[C@H](NCCc1ccc(S(N)(=O)=O)cc1)C(=O)N1CCOCC1. The lowest BCUT2D eigenvalue weighted by molar-refractivity contribution is -0.137. The molecule has 1 fully saturated rings. The van der Waals surface area contributed by atoms with Crippen LogP contribution in [0.15, 0.2) is 29.2 Å². The van der Waals surface area contributed by atoms with Crippen molar-refractivity contribution >= 4 is 15.9 Å². The van der Waals surface area contributed by atoms with Crippen LogP contribution in [0.25, 0.3) is 0 Å². The van der Waals surface area contributed by atoms with Gasteiger partial charge in [-0.2, -0.15) is 0 Å². The number of rotatable bonds is 6. The van der Waals surface area contributed by atoms with Gasteiger partial charge in [-0.1, -0.05) is 12.1 Å². The van der Waals surface area contributed by atoms with Crippen LogP contribution in [-0.4, -0.2) is 58.1 Å². The monoisotopic (exact) mass is 341 g/mol. The van der Waals surface area contributed by atoms with E-state index in [2.05, 4.69) is 5.32 Å². The third kappa shape index (κ3) is 5.28. The zero-order valence-electron chi connectivity index (χ0n) is 13.2. The Kier molecular flexibility index (Phi) is 6.11. The fourth-order valence-electron chi connectivity index (χ4n) is 2.42. The molecule has 0 saturated carbocycles. The highest BCUT2D eigenvalue weighted by Gasteiger charge is 2.21. The number of hydrogen-bond acceptors (Lipinski definition) is 5. The number of sulfonamides is 1. The molecule has 1 aliphatic heterocycles. The highest BCUT2D eigenvalue weighted by atomic mass is 32.2. The standard InChI is InChI=1S/C15H23N3O4S/c1-12(15(19)18-8-10-22-11-9-18)17-7-6-13-2-4-14(5-3-13)23(16,20)21/h2-5,12,17H,6-11H2,1H3,(H2,16,20,21)/t12-/m0/s1. The van der Waals surface area contributed by atoms with E-state index in [1.54, 1.807) is 12.1 Å². The van der Waals surface area contributed by atoms with Gasteiger partial charge in [0.15, 0.2) is 0 Å². The first-order valence-electron chi connectivity index (χ1n) is 7.59. The highest BCUT2D eigenvalue weighted by Crippen LogP contribution is 2.09. The van der Waals surface area contributed by atoms with E-state index in [1.165, 1.54) is 12.1 Å². The number of benzene rings is 1. The van der Waals surface area contributed by atoms with Gasteiger partial charge < -0.3 is 15.0 Å². The molecule has 0 radical (unpaired) electrons. The average molecular weight is 341 g/mol. The molecule has 1 aromatic carbocycles. The van der Waals surface area contributed by atoms with Crippen LogP contribution in [-0.2, 0) is 26.0 Å². The van der Waals surface area contributed by atoms with Crippen LogP contribution in [0.1, 0.15) is 12.5 Å². The Balaban J connectivity index is 1.78. The molecule has 0 spiro atoms. The summed E-state index contributed by atoms with van der Waals surface area (Å²) in [4.78, 5) is 14.1. The maximum Gasteiger partial charge on any atom is 0.239 e. The molecule has 1 saturated heterocycles. The van der Waals surface area contributed by atoms with Crippen LogP contribution in [0.3, 0.4) is 0 Å². The van der Waals surface area contributed by atoms with Crippen LogP contribution in [0, 0.1) is 0 Å². The first kappa shape index (κ1) is 17.9. The van der Waals surface area contributed by atoms with Crippen molar-refractivity contribution in [2.24, 2.45) is 5.14 Å². The van der Waals surface area contributed by atoms with Crippen molar-refractivity contribution < 1.29 is 17.9 Å². The zero-order chi connectivity index (χ0) is 16.9. The summed E-state index contributed by atoms with van der Waals surface area (Å²) in [7, 11) is -3.65. The zero-order valence-corrected chi connectivity index (χ0v) is 14.0. The van der Waals surface area contributed by atoms with E-state index in [9.17, 15) is 13.2 Å². The van der Waals surface area contributed by atoms with E-state index < -0.39 is 10.0 Å². The Hall–Kier alpha value is -1.48. The van der Waals surface area contributed by atoms with E-state index in [4.69, 9.17) is 9.88 Å². The van der Waals surface area contributed by atoms with Gasteiger partial charge in [0.2, 0.25) is 15.9 Å². The van der Waals surface area contributed by atoms with Gasteiger partial charge in [-0.3, -0.25) is 4.79 Å². The molecule has 0 aliphatic carbocycles. The van der Waals surface area contributed by atoms with Crippen LogP contribution in [0.2, 0.25) is 0 Å². The van der Waals surface area contributed by atoms with E-state index in [0.29, 0.717) is 39.3 Å². The third-order valence-corrected chi connectivity index (χ3v) is 4.74. The number of nitrogens with two attached hydrogens (primary N) is 1. The summed E-state index contributed by atoms with van der Waals surface area (Å²) in [5.74, 6) is 0.0814. The molecule has 8 heteroatoms. The molecule has 7 nitrogen and oxygen atoms in total. The fraction of sp³-hybridized carbons (Fsp3) is 0.533. The van der Waals surface area contributed by atoms with Crippen molar-refractivity contribution in [3.63, 3.8) is 0 Å². The fourth-order valence-corrected chi connectivity index (χ4v) is 2.94. The molecule has 1 aliphatic rings. The van der Waals surface area contributed by atoms with Crippen molar-refractivity contribution in [1.82, 2.24) is 10.2 Å². The minimum atomic E-state index is -3.65. The molecule has 128 valence electrons. The summed E-state index contributed by atoms with van der Waals surface area (Å²) in [6, 6.07) is 6.20. The predicted octanol–water partition coefficient (Wildman–Crippen LogP) is -0.287. The van der Waals surface area contributed by atoms with E-state index in [0.717, 1.165) is 5.56 Å². The normalized spacial score (nSPS) is 17.0. The molecule has 2 rings (SSSR count). The molecule has 0 aromatic heterocycles. The second-order valence-electron chi connectivity index (χ2n) is 5.55. The van der Waals surface area contributed by atoms with Crippen LogP contribution < -0.4 is 10.5 Å². The molecule has 3 N–H and O–H groups in total. The number of primary sulfonamides is 1. The number of nitrogens with one attached hydrogen (secondary N) is 1. The van der Waals surface area contributed by atoms with Crippen LogP contribution in [0.4, 0.5) is 0 Å². The number of amides is 1. The third-order valence-electron chi connectivity index (χ3n) is 3.81. The van der Waals surface area contributed by atoms with Gasteiger partial charge in [0.05, 0.1) is 24.2 Å². The van der Waals surface area contributed by atoms with Crippen molar-refractivity contribution in [1.29, 1.82) is 0 Å². The number of ether oxygens (including phenoxy) is 1. The lowest BCUT2D eigenvalue weighted by Gasteiger charge is -2.29. The van der Waals surface area contributed by atoms with Crippen molar-refractivity contribution in [3.8, 4) is 0 Å². The van der Waals surface area contributed by atoms with Crippen LogP contribution >= 0.6 is 0 Å². The summed E-state index contributed by atoms with van der Waals surface area (Å²) >= 11 is 0. The van der Waals surface area contributed by atoms with Gasteiger partial charge in [0.25, 0.3) is 0 Å². The largest absolute Gasteiger partial charge is 0.378 e. The minimum Gasteiger partial charge on any atom is -0.378 e. The summed E-state index contributed by atoms with van der Waals surface area (Å²) in [5, 5.41) is 8.26. The first-order chi connectivity index (χ1) is 10.9. The summed E-state index contributed by atoms with van der Waals surface area (Å²) < 4.78 is 27.6. The second-order valence-corrected chi connectivity index (χ2v) is 7.11. The van der Waals surface area contributed by atoms with Crippen molar-refractivity contribution in [2.75, 3.05) is 32.8 Å². The molecule has 1 aromatic rings. The molecule has 0 bridgehead atoms. The van der Waals surface area contributed by atoms with Crippen molar-refractivity contribution in [2.45, 2.75) is 24.3 Å². The molecule has 23 heavy (non-hydrogen) atoms. The quantitative estimate of drug-likeness (QED) is 0.740. The molecule has 1 heterocycles. The lowest BCUT2D eigenvalue weighted by Crippen LogP contribution is -2.49. The van der Waals surface area contributed by atoms with Gasteiger partial charge in [-0.05, 0) is 37.6 Å². The smallest absolute Gasteiger partial charge is 0.239 e. The molecule has 0 unspecified atom stereocenters. The van der Waals surface area contributed by atoms with Gasteiger partial charge in [-0.25, -0.2) is 13.6 Å². The van der Waals surface area contributed by atoms with Crippen LogP contribution in [0.5, 0.6) is 0 Å². The van der Waals surface area contributed by atoms with Gasteiger partial charge >= 0.3 is 0 Å². The molecule has 1 atom stereocenters. The second kappa shape index (κ2) is 7.87. The molecular weight excluding hydrogens is 318 g/mol. The topological polar surface area (TPSA) is 102 Å². The van der Waals surface area contributed by atoms with E-state index in [-0.39, 0.29) is 16.8 Å². The predicted molar refractivity (Wildman–Crippen MR) is 86.4 cm³/mol. The Morgan fingerprint density at radius 2 is 1.91 bits per heavy atom. The Labute approximate surface area is 136 Å². The maximum atomic E-state index is 12.2. The molecular formula is C15H23N3O4S. The van der Waals surface area contributed by atoms with E-state index in [1.807, 2.05) is 11.8 Å². The Morgan fingerprint density at radius 3 is 2.48 bits per heavy atom. The lowest BCUT2D eigenvalue weighted by atomic mass is 10.1. The molecule has 1 amide bonds. The number of carbonyl (C=O) groups excluding carboxylic acids is 1. The van der Waals surface area contributed by atoms with Gasteiger partial charge in [0.1, 0.15) is 0 Å². The summed E-state index contributed by atoms with van der Waals surface area (Å²) in [6.45, 7) is 4.94. The average Bonchev–Trinajstić information content (AvgIpc) is 2.54. The number of nitrogens with zero attached hydrogens (tertiary/aromatic N) is 1. The van der Waals surface area contributed by atoms with Gasteiger partial charge in [-0.15, -0.1) is 0 Å². The maximum absolute atomic E-state index is 12.2. The Bertz CT molecular complexity index is 625. The summed E-state index contributed by atoms with van der Waals surface area (Å²) in [5.41, 5.74) is 0.982. The number of morpholine rings is 1. The minimum absolute atomic E-state index is 0.0814. The van der Waals surface area contributed by atoms with Gasteiger partial charge in [0, 0.05) is 13.1 Å².